The van der Waals surface area contributed by atoms with Crippen molar-refractivity contribution < 1.29 is 23.7 Å². The molecule has 0 spiro atoms. The molecular weight excluding hydrogens is 380 g/mol. The first-order chi connectivity index (χ1) is 14.7. The van der Waals surface area contributed by atoms with Crippen LogP contribution in [0.3, 0.4) is 0 Å². The molecule has 1 unspecified atom stereocenters. The van der Waals surface area contributed by atoms with Crippen LogP contribution in [0.1, 0.15) is 104 Å². The van der Waals surface area contributed by atoms with Gasteiger partial charge in [-0.1, -0.05) is 72.1 Å². The lowest BCUT2D eigenvalue weighted by atomic mass is 9.96. The van der Waals surface area contributed by atoms with Gasteiger partial charge in [0.2, 0.25) is 0 Å². The molecule has 5 heteroatoms. The minimum absolute atomic E-state index is 0.0925. The molecule has 0 bridgehead atoms. The van der Waals surface area contributed by atoms with E-state index < -0.39 is 0 Å². The molecule has 0 aromatic rings. The summed E-state index contributed by atoms with van der Waals surface area (Å²) in [5.74, 6) is 0.430. The molecule has 0 saturated carbocycles. The summed E-state index contributed by atoms with van der Waals surface area (Å²) < 4.78 is 22.0. The lowest BCUT2D eigenvalue weighted by molar-refractivity contribution is -0.145. The molecule has 0 aliphatic rings. The maximum Gasteiger partial charge on any atom is 0.305 e. The van der Waals surface area contributed by atoms with Crippen LogP contribution in [0.4, 0.5) is 0 Å². The van der Waals surface area contributed by atoms with Crippen LogP contribution in [0.5, 0.6) is 0 Å². The molecule has 0 heterocycles. The SMILES string of the molecule is CCCCCCC(CCCC)COC(=O)CCCOCCOCCOCCCCC. The maximum atomic E-state index is 12.0. The third-order valence-electron chi connectivity index (χ3n) is 5.22. The standard InChI is InChI=1S/C25H50O5/c1-4-7-10-11-15-24(14-9-6-3)23-30-25(26)16-13-18-28-20-22-29-21-19-27-17-12-8-5-2/h24H,4-23H2,1-3H3. The second kappa shape index (κ2) is 24.6. The van der Waals surface area contributed by atoms with Crippen molar-refractivity contribution in [3.05, 3.63) is 0 Å². The lowest BCUT2D eigenvalue weighted by Gasteiger charge is -2.16. The summed E-state index contributed by atoms with van der Waals surface area (Å²) >= 11 is 0. The fraction of sp³-hybridized carbons (Fsp3) is 0.960. The van der Waals surface area contributed by atoms with Gasteiger partial charge in [0.1, 0.15) is 0 Å². The Hall–Kier alpha value is -0.650. The molecule has 5 nitrogen and oxygen atoms in total. The normalized spacial score (nSPS) is 12.2. The van der Waals surface area contributed by atoms with Gasteiger partial charge in [0, 0.05) is 19.6 Å². The van der Waals surface area contributed by atoms with Crippen molar-refractivity contribution in [3.63, 3.8) is 0 Å². The Morgan fingerprint density at radius 2 is 1.13 bits per heavy atom. The first-order valence-electron chi connectivity index (χ1n) is 12.6. The van der Waals surface area contributed by atoms with E-state index in [0.717, 1.165) is 13.0 Å². The van der Waals surface area contributed by atoms with Crippen LogP contribution in [0.25, 0.3) is 0 Å². The van der Waals surface area contributed by atoms with E-state index in [-0.39, 0.29) is 5.97 Å². The molecule has 0 radical (unpaired) electrons. The highest BCUT2D eigenvalue weighted by atomic mass is 16.5. The molecule has 0 aliphatic heterocycles. The Labute approximate surface area is 186 Å². The van der Waals surface area contributed by atoms with Gasteiger partial charge in [-0.05, 0) is 31.6 Å². The topological polar surface area (TPSA) is 54.0 Å². The van der Waals surface area contributed by atoms with Crippen molar-refractivity contribution >= 4 is 5.97 Å². The number of unbranched alkanes of at least 4 members (excludes halogenated alkanes) is 6. The van der Waals surface area contributed by atoms with E-state index in [0.29, 0.717) is 58.4 Å². The Balaban J connectivity index is 3.52. The Kier molecular flexibility index (Phi) is 24.1. The van der Waals surface area contributed by atoms with Crippen LogP contribution in [-0.2, 0) is 23.7 Å². The molecule has 0 saturated heterocycles. The van der Waals surface area contributed by atoms with Crippen molar-refractivity contribution in [1.29, 1.82) is 0 Å². The number of carbonyl (C=O) groups excluding carboxylic acids is 1. The van der Waals surface area contributed by atoms with Crippen LogP contribution in [0.15, 0.2) is 0 Å². The predicted molar refractivity (Wildman–Crippen MR) is 124 cm³/mol. The zero-order chi connectivity index (χ0) is 22.1. The summed E-state index contributed by atoms with van der Waals surface area (Å²) in [4.78, 5) is 12.0. The Morgan fingerprint density at radius 3 is 1.77 bits per heavy atom. The fourth-order valence-electron chi connectivity index (χ4n) is 3.26. The molecule has 30 heavy (non-hydrogen) atoms. The number of carbonyl (C=O) groups is 1. The zero-order valence-corrected chi connectivity index (χ0v) is 20.3. The van der Waals surface area contributed by atoms with Crippen LogP contribution < -0.4 is 0 Å². The monoisotopic (exact) mass is 430 g/mol. The first kappa shape index (κ1) is 29.4. The maximum absolute atomic E-state index is 12.0. The third kappa shape index (κ3) is 22.0. The largest absolute Gasteiger partial charge is 0.465 e. The van der Waals surface area contributed by atoms with Crippen LogP contribution in [0, 0.1) is 5.92 Å². The molecule has 0 fully saturated rings. The van der Waals surface area contributed by atoms with E-state index in [1.165, 1.54) is 64.2 Å². The summed E-state index contributed by atoms with van der Waals surface area (Å²) in [7, 11) is 0. The van der Waals surface area contributed by atoms with Gasteiger partial charge in [-0.2, -0.15) is 0 Å². The Bertz CT molecular complexity index is 348. The number of hydrogen-bond acceptors (Lipinski definition) is 5. The average Bonchev–Trinajstić information content (AvgIpc) is 2.75. The molecule has 180 valence electrons. The fourth-order valence-corrected chi connectivity index (χ4v) is 3.26. The highest BCUT2D eigenvalue weighted by Crippen LogP contribution is 2.18. The van der Waals surface area contributed by atoms with Gasteiger partial charge in [-0.25, -0.2) is 0 Å². The van der Waals surface area contributed by atoms with Gasteiger partial charge in [0.15, 0.2) is 0 Å². The van der Waals surface area contributed by atoms with Crippen molar-refractivity contribution in [2.45, 2.75) is 104 Å². The number of rotatable bonds is 24. The summed E-state index contributed by atoms with van der Waals surface area (Å²) in [6.45, 7) is 11.0. The van der Waals surface area contributed by atoms with Crippen molar-refractivity contribution in [3.8, 4) is 0 Å². The quantitative estimate of drug-likeness (QED) is 0.132. The van der Waals surface area contributed by atoms with Crippen molar-refractivity contribution in [2.75, 3.05) is 46.2 Å². The lowest BCUT2D eigenvalue weighted by Crippen LogP contribution is -2.15. The van der Waals surface area contributed by atoms with Gasteiger partial charge >= 0.3 is 5.97 Å². The first-order valence-corrected chi connectivity index (χ1v) is 12.6. The van der Waals surface area contributed by atoms with Crippen molar-refractivity contribution in [2.24, 2.45) is 5.92 Å². The second-order valence-electron chi connectivity index (χ2n) is 8.19. The number of hydrogen-bond donors (Lipinski definition) is 0. The van der Waals surface area contributed by atoms with Gasteiger partial charge < -0.3 is 18.9 Å². The number of esters is 1. The smallest absolute Gasteiger partial charge is 0.305 e. The predicted octanol–water partition coefficient (Wildman–Crippen LogP) is 6.33. The van der Waals surface area contributed by atoms with Crippen molar-refractivity contribution in [1.82, 2.24) is 0 Å². The van der Waals surface area contributed by atoms with E-state index in [1.54, 1.807) is 0 Å². The highest BCUT2D eigenvalue weighted by molar-refractivity contribution is 5.69. The molecule has 0 rings (SSSR count). The minimum Gasteiger partial charge on any atom is -0.465 e. The van der Waals surface area contributed by atoms with Gasteiger partial charge in [0.25, 0.3) is 0 Å². The van der Waals surface area contributed by atoms with E-state index in [1.807, 2.05) is 0 Å². The number of ether oxygens (including phenoxy) is 4. The zero-order valence-electron chi connectivity index (χ0n) is 20.3. The minimum atomic E-state index is -0.0925. The van der Waals surface area contributed by atoms with Gasteiger partial charge in [0.05, 0.1) is 33.0 Å². The average molecular weight is 431 g/mol. The van der Waals surface area contributed by atoms with Gasteiger partial charge in [-0.15, -0.1) is 0 Å². The van der Waals surface area contributed by atoms with E-state index in [4.69, 9.17) is 18.9 Å². The third-order valence-corrected chi connectivity index (χ3v) is 5.22. The molecule has 0 N–H and O–H groups in total. The molecule has 0 aromatic heterocycles. The Morgan fingerprint density at radius 1 is 0.600 bits per heavy atom. The summed E-state index contributed by atoms with van der Waals surface area (Å²) in [6.07, 6.45) is 14.6. The second-order valence-corrected chi connectivity index (χ2v) is 8.19. The molecule has 0 amide bonds. The van der Waals surface area contributed by atoms with Crippen LogP contribution >= 0.6 is 0 Å². The summed E-state index contributed by atoms with van der Waals surface area (Å²) in [6, 6.07) is 0. The van der Waals surface area contributed by atoms with E-state index >= 15 is 0 Å². The van der Waals surface area contributed by atoms with Gasteiger partial charge in [-0.3, -0.25) is 4.79 Å². The van der Waals surface area contributed by atoms with Crippen LogP contribution in [-0.4, -0.2) is 52.2 Å². The van der Waals surface area contributed by atoms with Crippen LogP contribution in [0.2, 0.25) is 0 Å². The van der Waals surface area contributed by atoms with E-state index in [2.05, 4.69) is 20.8 Å². The molecular formula is C25H50O5. The molecule has 0 aliphatic carbocycles. The summed E-state index contributed by atoms with van der Waals surface area (Å²) in [5.41, 5.74) is 0. The molecule has 1 atom stereocenters. The highest BCUT2D eigenvalue weighted by Gasteiger charge is 2.12. The van der Waals surface area contributed by atoms with E-state index in [9.17, 15) is 4.79 Å². The molecule has 0 aromatic carbocycles. The summed E-state index contributed by atoms with van der Waals surface area (Å²) in [5, 5.41) is 0.